The van der Waals surface area contributed by atoms with Crippen LogP contribution in [0.2, 0.25) is 5.02 Å². The first-order valence-corrected chi connectivity index (χ1v) is 9.79. The first-order chi connectivity index (χ1) is 14.1. The Bertz CT molecular complexity index is 1030. The molecule has 0 saturated carbocycles. The fourth-order valence-electron chi connectivity index (χ4n) is 2.70. The van der Waals surface area contributed by atoms with Gasteiger partial charge in [-0.25, -0.2) is 19.9 Å². The molecule has 0 radical (unpaired) electrons. The van der Waals surface area contributed by atoms with Gasteiger partial charge in [-0.15, -0.1) is 0 Å². The van der Waals surface area contributed by atoms with E-state index in [0.29, 0.717) is 5.95 Å². The number of rotatable bonds is 5. The molecule has 3 rings (SSSR count). The van der Waals surface area contributed by atoms with Gasteiger partial charge < -0.3 is 16.4 Å². The van der Waals surface area contributed by atoms with Gasteiger partial charge in [0.1, 0.15) is 17.2 Å². The van der Waals surface area contributed by atoms with Gasteiger partial charge in [-0.05, 0) is 30.0 Å². The van der Waals surface area contributed by atoms with Crippen molar-refractivity contribution in [2.45, 2.75) is 39.2 Å². The largest absolute Gasteiger partial charge is 0.382 e. The Kier molecular flexibility index (Phi) is 6.17. The minimum atomic E-state index is -0.456. The number of carbonyl (C=O) groups excluding carboxylic acids is 1. The van der Waals surface area contributed by atoms with E-state index in [1.165, 1.54) is 11.9 Å². The van der Waals surface area contributed by atoms with Gasteiger partial charge in [0.25, 0.3) is 5.91 Å². The Morgan fingerprint density at radius 3 is 2.30 bits per heavy atom. The average Bonchev–Trinajstić information content (AvgIpc) is 2.70. The third-order valence-corrected chi connectivity index (χ3v) is 4.93. The van der Waals surface area contributed by atoms with Crippen LogP contribution in [0, 0.1) is 0 Å². The SMILES string of the molecule is CC(NC(=O)c1ncnc(N)c1Cl)c1cnc(Nc2ccc(C(C)(C)C)cc2)nc1. The third kappa shape index (κ3) is 5.01. The van der Waals surface area contributed by atoms with Crippen molar-refractivity contribution in [3.05, 3.63) is 64.8 Å². The molecule has 3 aromatic rings. The fourth-order valence-corrected chi connectivity index (χ4v) is 2.88. The van der Waals surface area contributed by atoms with Crippen LogP contribution in [0.1, 0.15) is 55.4 Å². The summed E-state index contributed by atoms with van der Waals surface area (Å²) >= 11 is 6.01. The van der Waals surface area contributed by atoms with Crippen molar-refractivity contribution < 1.29 is 4.79 Å². The van der Waals surface area contributed by atoms with Crippen molar-refractivity contribution >= 4 is 35.0 Å². The molecule has 8 nitrogen and oxygen atoms in total. The molecule has 1 aromatic carbocycles. The Morgan fingerprint density at radius 2 is 1.70 bits per heavy atom. The quantitative estimate of drug-likeness (QED) is 0.564. The van der Waals surface area contributed by atoms with E-state index in [0.717, 1.165) is 11.3 Å². The molecule has 2 heterocycles. The van der Waals surface area contributed by atoms with Crippen LogP contribution >= 0.6 is 11.6 Å². The lowest BCUT2D eigenvalue weighted by Gasteiger charge is -2.19. The molecule has 1 unspecified atom stereocenters. The van der Waals surface area contributed by atoms with Gasteiger partial charge >= 0.3 is 0 Å². The van der Waals surface area contributed by atoms with Gasteiger partial charge in [0.2, 0.25) is 5.95 Å². The highest BCUT2D eigenvalue weighted by atomic mass is 35.5. The maximum atomic E-state index is 12.4. The van der Waals surface area contributed by atoms with E-state index < -0.39 is 5.91 Å². The van der Waals surface area contributed by atoms with Crippen LogP contribution in [0.4, 0.5) is 17.5 Å². The van der Waals surface area contributed by atoms with Crippen LogP contribution in [0.25, 0.3) is 0 Å². The lowest BCUT2D eigenvalue weighted by atomic mass is 9.87. The second-order valence-electron chi connectivity index (χ2n) is 7.91. The summed E-state index contributed by atoms with van der Waals surface area (Å²) in [7, 11) is 0. The Balaban J connectivity index is 1.65. The van der Waals surface area contributed by atoms with Gasteiger partial charge in [-0.2, -0.15) is 0 Å². The molecule has 2 aromatic heterocycles. The lowest BCUT2D eigenvalue weighted by Crippen LogP contribution is -2.28. The maximum absolute atomic E-state index is 12.4. The highest BCUT2D eigenvalue weighted by Crippen LogP contribution is 2.24. The molecule has 4 N–H and O–H groups in total. The molecule has 1 atom stereocenters. The average molecular weight is 426 g/mol. The number of benzene rings is 1. The molecule has 0 aliphatic heterocycles. The summed E-state index contributed by atoms with van der Waals surface area (Å²) in [5.74, 6) is 0.0638. The maximum Gasteiger partial charge on any atom is 0.272 e. The van der Waals surface area contributed by atoms with Crippen molar-refractivity contribution in [1.82, 2.24) is 25.3 Å². The first-order valence-electron chi connectivity index (χ1n) is 9.41. The third-order valence-electron chi connectivity index (χ3n) is 4.56. The number of hydrogen-bond donors (Lipinski definition) is 3. The summed E-state index contributed by atoms with van der Waals surface area (Å²) in [6.07, 6.45) is 4.50. The summed E-state index contributed by atoms with van der Waals surface area (Å²) in [6, 6.07) is 7.80. The van der Waals surface area contributed by atoms with E-state index >= 15 is 0 Å². The Morgan fingerprint density at radius 1 is 1.07 bits per heavy atom. The number of carbonyl (C=O) groups is 1. The number of nitrogens with two attached hydrogens (primary N) is 1. The molecule has 30 heavy (non-hydrogen) atoms. The molecule has 0 saturated heterocycles. The standard InChI is InChI=1S/C21H24ClN7O/c1-12(28-19(30)17-16(22)18(23)27-11-26-17)13-9-24-20(25-10-13)29-15-7-5-14(6-8-15)21(2,3)4/h5-12H,1-4H3,(H,28,30)(H2,23,26,27)(H,24,25,29). The zero-order valence-corrected chi connectivity index (χ0v) is 18.0. The smallest absolute Gasteiger partial charge is 0.272 e. The normalized spacial score (nSPS) is 12.3. The molecular weight excluding hydrogens is 402 g/mol. The van der Waals surface area contributed by atoms with Gasteiger partial charge in [-0.1, -0.05) is 44.5 Å². The number of nitrogens with zero attached hydrogens (tertiary/aromatic N) is 4. The van der Waals surface area contributed by atoms with Crippen LogP contribution < -0.4 is 16.4 Å². The zero-order valence-electron chi connectivity index (χ0n) is 17.3. The predicted octanol–water partition coefficient (Wildman–Crippen LogP) is 4.03. The minimum absolute atomic E-state index is 0.0222. The molecule has 0 bridgehead atoms. The van der Waals surface area contributed by atoms with Gasteiger partial charge in [-0.3, -0.25) is 4.79 Å². The van der Waals surface area contributed by atoms with Crippen LogP contribution in [-0.4, -0.2) is 25.8 Å². The molecule has 0 fully saturated rings. The monoisotopic (exact) mass is 425 g/mol. The molecule has 0 aliphatic carbocycles. The van der Waals surface area contributed by atoms with Crippen molar-refractivity contribution in [2.24, 2.45) is 0 Å². The van der Waals surface area contributed by atoms with Gasteiger partial charge in [0.05, 0.1) is 6.04 Å². The van der Waals surface area contributed by atoms with E-state index in [-0.39, 0.29) is 28.0 Å². The van der Waals surface area contributed by atoms with E-state index in [2.05, 4.69) is 63.5 Å². The van der Waals surface area contributed by atoms with Crippen molar-refractivity contribution in [1.29, 1.82) is 0 Å². The summed E-state index contributed by atoms with van der Waals surface area (Å²) in [5, 5.41) is 6.00. The van der Waals surface area contributed by atoms with Crippen LogP contribution in [0.15, 0.2) is 43.0 Å². The number of aromatic nitrogens is 4. The van der Waals surface area contributed by atoms with Gasteiger partial charge in [0.15, 0.2) is 5.69 Å². The molecule has 156 valence electrons. The van der Waals surface area contributed by atoms with Crippen molar-refractivity contribution in [2.75, 3.05) is 11.1 Å². The Labute approximate surface area is 180 Å². The summed E-state index contributed by atoms with van der Waals surface area (Å²) < 4.78 is 0. The number of nitrogen functional groups attached to an aromatic ring is 1. The highest BCUT2D eigenvalue weighted by molar-refractivity contribution is 6.35. The number of hydrogen-bond acceptors (Lipinski definition) is 7. The zero-order chi connectivity index (χ0) is 21.9. The van der Waals surface area contributed by atoms with Crippen LogP contribution in [0.5, 0.6) is 0 Å². The van der Waals surface area contributed by atoms with Gasteiger partial charge in [0, 0.05) is 23.6 Å². The topological polar surface area (TPSA) is 119 Å². The molecule has 0 spiro atoms. The fraction of sp³-hybridized carbons (Fsp3) is 0.286. The second kappa shape index (κ2) is 8.62. The Hall–Kier alpha value is -3.26. The molecule has 1 amide bonds. The number of halogens is 1. The van der Waals surface area contributed by atoms with Crippen LogP contribution in [-0.2, 0) is 5.41 Å². The minimum Gasteiger partial charge on any atom is -0.382 e. The molecular formula is C21H24ClN7O. The van der Waals surface area contributed by atoms with E-state index in [1.54, 1.807) is 12.4 Å². The molecule has 9 heteroatoms. The van der Waals surface area contributed by atoms with E-state index in [4.69, 9.17) is 17.3 Å². The molecule has 0 aliphatic rings. The summed E-state index contributed by atoms with van der Waals surface area (Å²) in [6.45, 7) is 8.33. The highest BCUT2D eigenvalue weighted by Gasteiger charge is 2.18. The second-order valence-corrected chi connectivity index (χ2v) is 8.29. The number of amides is 1. The number of anilines is 3. The lowest BCUT2D eigenvalue weighted by molar-refractivity contribution is 0.0935. The number of nitrogens with one attached hydrogen (secondary N) is 2. The van der Waals surface area contributed by atoms with E-state index in [1.807, 2.05) is 19.1 Å². The van der Waals surface area contributed by atoms with E-state index in [9.17, 15) is 4.79 Å². The first kappa shape index (κ1) is 21.4. The predicted molar refractivity (Wildman–Crippen MR) is 118 cm³/mol. The summed E-state index contributed by atoms with van der Waals surface area (Å²) in [5.41, 5.74) is 8.62. The van der Waals surface area contributed by atoms with Crippen LogP contribution in [0.3, 0.4) is 0 Å². The van der Waals surface area contributed by atoms with Crippen molar-refractivity contribution in [3.8, 4) is 0 Å². The summed E-state index contributed by atoms with van der Waals surface area (Å²) in [4.78, 5) is 28.7. The van der Waals surface area contributed by atoms with Crippen molar-refractivity contribution in [3.63, 3.8) is 0 Å².